The van der Waals surface area contributed by atoms with Crippen molar-refractivity contribution in [1.29, 1.82) is 0 Å². The SMILES string of the molecule is CCCCCCCCCCCC[NH][Zr+2]([C]1=C(C)C(C)=C(C)C1C)[SiH](c1ccccc1)c1ccccc1.[Cl-].[Cl-]. The monoisotopic (exact) mass is 648 g/mol. The number of benzene rings is 2. The van der Waals surface area contributed by atoms with Crippen LogP contribution < -0.4 is 38.4 Å². The number of hydrogen-bond acceptors (Lipinski definition) is 1. The summed E-state index contributed by atoms with van der Waals surface area (Å²) in [5.41, 5.74) is 4.79. The molecule has 0 radical (unpaired) electrons. The van der Waals surface area contributed by atoms with Gasteiger partial charge in [0.1, 0.15) is 0 Å². The van der Waals surface area contributed by atoms with E-state index in [0.717, 1.165) is 0 Å². The summed E-state index contributed by atoms with van der Waals surface area (Å²) >= 11 is -2.17. The van der Waals surface area contributed by atoms with Gasteiger partial charge in [0.25, 0.3) is 0 Å². The minimum absolute atomic E-state index is 0. The smallest absolute Gasteiger partial charge is 1.00 e. The van der Waals surface area contributed by atoms with Crippen molar-refractivity contribution in [2.24, 2.45) is 5.92 Å². The van der Waals surface area contributed by atoms with Crippen LogP contribution in [-0.2, 0) is 21.2 Å². The first-order chi connectivity index (χ1) is 17.6. The summed E-state index contributed by atoms with van der Waals surface area (Å²) in [6, 6.07) is 23.1. The number of allylic oxidation sites excluding steroid dienone is 4. The van der Waals surface area contributed by atoms with Crippen LogP contribution >= 0.6 is 0 Å². The van der Waals surface area contributed by atoms with Gasteiger partial charge in [0, 0.05) is 0 Å². The van der Waals surface area contributed by atoms with E-state index < -0.39 is 27.1 Å². The first-order valence-corrected chi connectivity index (χ1v) is 23.1. The molecule has 0 saturated heterocycles. The summed E-state index contributed by atoms with van der Waals surface area (Å²) in [7, 11) is 0. The molecule has 0 spiro atoms. The van der Waals surface area contributed by atoms with Crippen molar-refractivity contribution < 1.29 is 46.0 Å². The van der Waals surface area contributed by atoms with Crippen molar-refractivity contribution in [2.75, 3.05) is 6.54 Å². The Kier molecular flexibility index (Phi) is 18.4. The predicted octanol–water partition coefficient (Wildman–Crippen LogP) is 1.84. The fourth-order valence-corrected chi connectivity index (χ4v) is 28.4. The van der Waals surface area contributed by atoms with Gasteiger partial charge < -0.3 is 24.8 Å². The largest absolute Gasteiger partial charge is 1.00 e. The van der Waals surface area contributed by atoms with Crippen LogP contribution in [0.4, 0.5) is 0 Å². The zero-order valence-corrected chi connectivity index (χ0v) is 29.6. The summed E-state index contributed by atoms with van der Waals surface area (Å²) in [6.07, 6.45) is 14.1. The number of rotatable bonds is 16. The number of halogens is 2. The fraction of sp³-hybridized carbons (Fsp3) is 0.515. The molecule has 1 unspecified atom stereocenters. The fourth-order valence-electron chi connectivity index (χ4n) is 5.80. The van der Waals surface area contributed by atoms with Gasteiger partial charge in [-0.3, -0.25) is 0 Å². The molecule has 1 N–H and O–H groups in total. The summed E-state index contributed by atoms with van der Waals surface area (Å²) < 4.78 is 6.21. The molecule has 0 aliphatic heterocycles. The van der Waals surface area contributed by atoms with Crippen molar-refractivity contribution in [3.8, 4) is 0 Å². The molecule has 0 heterocycles. The van der Waals surface area contributed by atoms with Crippen LogP contribution in [0.5, 0.6) is 0 Å². The molecule has 209 valence electrons. The average molecular weight is 651 g/mol. The Morgan fingerprint density at radius 1 is 0.658 bits per heavy atom. The molecule has 2 aromatic carbocycles. The zero-order chi connectivity index (χ0) is 25.8. The van der Waals surface area contributed by atoms with Crippen molar-refractivity contribution in [1.82, 2.24) is 3.26 Å². The number of nitrogens with one attached hydrogen (secondary N) is 1. The van der Waals surface area contributed by atoms with Crippen LogP contribution in [0.1, 0.15) is 98.8 Å². The van der Waals surface area contributed by atoms with Crippen molar-refractivity contribution in [3.05, 3.63) is 80.7 Å². The van der Waals surface area contributed by atoms with Crippen LogP contribution in [0, 0.1) is 5.92 Å². The first kappa shape index (κ1) is 35.6. The predicted molar refractivity (Wildman–Crippen MR) is 159 cm³/mol. The van der Waals surface area contributed by atoms with Crippen LogP contribution in [0.3, 0.4) is 0 Å². The van der Waals surface area contributed by atoms with Gasteiger partial charge in [0.05, 0.1) is 0 Å². The van der Waals surface area contributed by atoms with Gasteiger partial charge in [-0.25, -0.2) is 0 Å². The summed E-state index contributed by atoms with van der Waals surface area (Å²) in [5.74, 6) is -0.720. The molecule has 1 atom stereocenters. The Balaban J connectivity index is 0.00000361. The molecule has 1 aliphatic rings. The summed E-state index contributed by atoms with van der Waals surface area (Å²) in [5, 5.41) is 3.26. The molecule has 0 aromatic heterocycles. The van der Waals surface area contributed by atoms with Gasteiger partial charge in [0.15, 0.2) is 0 Å². The van der Waals surface area contributed by atoms with E-state index in [4.69, 9.17) is 0 Å². The molecule has 0 bridgehead atoms. The topological polar surface area (TPSA) is 12.0 Å². The maximum absolute atomic E-state index is 4.36. The van der Waals surface area contributed by atoms with Gasteiger partial charge in [-0.05, 0) is 0 Å². The Bertz CT molecular complexity index is 938. The zero-order valence-electron chi connectivity index (χ0n) is 24.5. The molecule has 3 rings (SSSR count). The molecule has 1 nitrogen and oxygen atoms in total. The van der Waals surface area contributed by atoms with E-state index in [9.17, 15) is 0 Å². The van der Waals surface area contributed by atoms with Gasteiger partial charge in [-0.2, -0.15) is 0 Å². The van der Waals surface area contributed by atoms with E-state index in [2.05, 4.69) is 98.5 Å². The maximum Gasteiger partial charge on any atom is -1.00 e. The van der Waals surface area contributed by atoms with Crippen LogP contribution in [0.2, 0.25) is 0 Å². The summed E-state index contributed by atoms with van der Waals surface area (Å²) in [6.45, 7) is 13.1. The van der Waals surface area contributed by atoms with Crippen LogP contribution in [0.15, 0.2) is 80.7 Å². The van der Waals surface area contributed by atoms with Crippen molar-refractivity contribution in [2.45, 2.75) is 98.8 Å². The van der Waals surface area contributed by atoms with Crippen LogP contribution in [-0.4, -0.2) is 12.5 Å². The van der Waals surface area contributed by atoms with Crippen molar-refractivity contribution >= 4 is 16.3 Å². The molecular formula is C33H50Cl2NSiZr. The maximum atomic E-state index is 4.36. The van der Waals surface area contributed by atoms with E-state index in [0.29, 0.717) is 5.92 Å². The van der Waals surface area contributed by atoms with Gasteiger partial charge in [-0.15, -0.1) is 0 Å². The Morgan fingerprint density at radius 2 is 1.11 bits per heavy atom. The standard InChI is InChI=1S/C12H26N.C12H11Si.C9H13.2ClH.Zr/c1-2-3-4-5-6-7-8-9-10-11-12-13;1-3-7-11(8-4-1)13-12-9-5-2-6-10-12;1-6-5-7(2)9(4)8(6)3;;;/h13H,2-12H2,1H3;1-10,13H;6H,1-4H3;2*1H;/q-1;;;;;+3/p-2. The first-order valence-electron chi connectivity index (χ1n) is 14.7. The van der Waals surface area contributed by atoms with E-state index in [1.807, 2.05) is 3.28 Å². The van der Waals surface area contributed by atoms with Crippen LogP contribution in [0.25, 0.3) is 0 Å². The van der Waals surface area contributed by atoms with Gasteiger partial charge in [-0.1, -0.05) is 6.92 Å². The normalized spacial score (nSPS) is 15.1. The van der Waals surface area contributed by atoms with Gasteiger partial charge >= 0.3 is 226 Å². The van der Waals surface area contributed by atoms with E-state index in [1.54, 1.807) is 27.1 Å². The Labute approximate surface area is 255 Å². The van der Waals surface area contributed by atoms with E-state index in [-0.39, 0.29) is 24.8 Å². The van der Waals surface area contributed by atoms with E-state index >= 15 is 0 Å². The molecule has 1 aliphatic carbocycles. The molecule has 38 heavy (non-hydrogen) atoms. The second-order valence-corrected chi connectivity index (χ2v) is 24.9. The second kappa shape index (κ2) is 19.6. The molecule has 5 heteroatoms. The Hall–Kier alpha value is -0.440. The second-order valence-electron chi connectivity index (χ2n) is 10.8. The number of unbranched alkanes of at least 4 members (excludes halogenated alkanes) is 9. The summed E-state index contributed by atoms with van der Waals surface area (Å²) in [4.78, 5) is 0. The van der Waals surface area contributed by atoms with Gasteiger partial charge in [0.2, 0.25) is 0 Å². The molecule has 0 saturated carbocycles. The molecular weight excluding hydrogens is 601 g/mol. The molecule has 2 aromatic rings. The average Bonchev–Trinajstić information content (AvgIpc) is 3.10. The third-order valence-corrected chi connectivity index (χ3v) is 28.2. The molecule has 0 amide bonds. The minimum Gasteiger partial charge on any atom is -1.00 e. The number of hydrogen-bond donors (Lipinski definition) is 1. The van der Waals surface area contributed by atoms with E-state index in [1.165, 1.54) is 70.8 Å². The third-order valence-electron chi connectivity index (χ3n) is 8.33. The molecule has 0 fully saturated rings. The third kappa shape index (κ3) is 10.2. The van der Waals surface area contributed by atoms with Crippen molar-refractivity contribution in [3.63, 3.8) is 0 Å². The quantitative estimate of drug-likeness (QED) is 0.216. The minimum atomic E-state index is -2.17. The Morgan fingerprint density at radius 3 is 1.53 bits per heavy atom.